The van der Waals surface area contributed by atoms with Gasteiger partial charge in [0.2, 0.25) is 5.89 Å². The lowest BCUT2D eigenvalue weighted by Gasteiger charge is -2.03. The van der Waals surface area contributed by atoms with Gasteiger partial charge in [0.15, 0.2) is 5.78 Å². The molecule has 5 nitrogen and oxygen atoms in total. The average Bonchev–Trinajstić information content (AvgIpc) is 3.22. The quantitative estimate of drug-likeness (QED) is 0.358. The maximum atomic E-state index is 12.4. The van der Waals surface area contributed by atoms with E-state index in [1.54, 1.807) is 18.5 Å². The number of aromatic nitrogens is 3. The van der Waals surface area contributed by atoms with Crippen LogP contribution in [-0.4, -0.2) is 26.7 Å². The number of rotatable bonds is 6. The highest BCUT2D eigenvalue weighted by Crippen LogP contribution is 2.24. The van der Waals surface area contributed by atoms with Crippen molar-refractivity contribution in [2.45, 2.75) is 5.22 Å². The Hall–Kier alpha value is -3.25. The number of carbonyl (C=O) groups excluding carboxylic acids is 1. The molecule has 2 aromatic heterocycles. The number of ketones is 1. The van der Waals surface area contributed by atoms with Crippen molar-refractivity contribution in [3.63, 3.8) is 0 Å². The van der Waals surface area contributed by atoms with Gasteiger partial charge in [-0.1, -0.05) is 66.4 Å². The van der Waals surface area contributed by atoms with Crippen molar-refractivity contribution >= 4 is 17.5 Å². The van der Waals surface area contributed by atoms with Gasteiger partial charge in [-0.05, 0) is 23.3 Å². The normalized spacial score (nSPS) is 10.7. The molecule has 0 fully saturated rings. The lowest BCUT2D eigenvalue weighted by molar-refractivity contribution is 0.102. The molecule has 27 heavy (non-hydrogen) atoms. The SMILES string of the molecule is O=C(CSc1nnc(-c2cccnc2)o1)c1ccc(-c2ccccc2)cc1. The Labute approximate surface area is 160 Å². The molecular formula is C21H15N3O2S. The van der Waals surface area contributed by atoms with Crippen LogP contribution in [0.2, 0.25) is 0 Å². The molecule has 132 valence electrons. The fourth-order valence-corrected chi connectivity index (χ4v) is 3.22. The lowest BCUT2D eigenvalue weighted by Crippen LogP contribution is -2.02. The second kappa shape index (κ2) is 7.97. The van der Waals surface area contributed by atoms with Crippen LogP contribution >= 0.6 is 11.8 Å². The number of pyridine rings is 1. The molecular weight excluding hydrogens is 358 g/mol. The molecule has 4 rings (SSSR count). The second-order valence-corrected chi connectivity index (χ2v) is 6.70. The third kappa shape index (κ3) is 4.12. The third-order valence-electron chi connectivity index (χ3n) is 3.96. The van der Waals surface area contributed by atoms with E-state index in [4.69, 9.17) is 4.42 Å². The topological polar surface area (TPSA) is 68.9 Å². The van der Waals surface area contributed by atoms with E-state index < -0.39 is 0 Å². The van der Waals surface area contributed by atoms with E-state index in [1.165, 1.54) is 11.8 Å². The lowest BCUT2D eigenvalue weighted by atomic mass is 10.0. The van der Waals surface area contributed by atoms with E-state index in [-0.39, 0.29) is 11.5 Å². The molecule has 0 aliphatic heterocycles. The van der Waals surface area contributed by atoms with Crippen LogP contribution < -0.4 is 0 Å². The molecule has 6 heteroatoms. The molecule has 0 bridgehead atoms. The predicted molar refractivity (Wildman–Crippen MR) is 104 cm³/mol. The first-order valence-electron chi connectivity index (χ1n) is 8.35. The van der Waals surface area contributed by atoms with E-state index in [0.717, 1.165) is 16.7 Å². The Kier molecular flexibility index (Phi) is 5.07. The Balaban J connectivity index is 1.39. The first-order valence-corrected chi connectivity index (χ1v) is 9.33. The summed E-state index contributed by atoms with van der Waals surface area (Å²) >= 11 is 1.23. The molecule has 0 spiro atoms. The van der Waals surface area contributed by atoms with Gasteiger partial charge in [0.25, 0.3) is 5.22 Å². The number of hydrogen-bond acceptors (Lipinski definition) is 6. The third-order valence-corrected chi connectivity index (χ3v) is 4.77. The standard InChI is InChI=1S/C21H15N3O2S/c25-19(17-10-8-16(9-11-17)15-5-2-1-3-6-15)14-27-21-24-23-20(26-21)18-7-4-12-22-13-18/h1-13H,14H2. The van der Waals surface area contributed by atoms with E-state index in [2.05, 4.69) is 15.2 Å². The van der Waals surface area contributed by atoms with Gasteiger partial charge < -0.3 is 4.42 Å². The van der Waals surface area contributed by atoms with Crippen molar-refractivity contribution in [3.05, 3.63) is 84.7 Å². The highest BCUT2D eigenvalue weighted by Gasteiger charge is 2.12. The molecule has 0 saturated heterocycles. The maximum absolute atomic E-state index is 12.4. The minimum absolute atomic E-state index is 0.0146. The summed E-state index contributed by atoms with van der Waals surface area (Å²) in [7, 11) is 0. The van der Waals surface area contributed by atoms with E-state index in [9.17, 15) is 4.79 Å². The number of carbonyl (C=O) groups is 1. The molecule has 0 radical (unpaired) electrons. The van der Waals surface area contributed by atoms with E-state index in [1.807, 2.05) is 60.7 Å². The van der Waals surface area contributed by atoms with Gasteiger partial charge in [-0.15, -0.1) is 10.2 Å². The van der Waals surface area contributed by atoms with Crippen molar-refractivity contribution in [2.75, 3.05) is 5.75 Å². The smallest absolute Gasteiger partial charge is 0.277 e. The monoisotopic (exact) mass is 373 g/mol. The zero-order valence-corrected chi connectivity index (χ0v) is 15.1. The first-order chi connectivity index (χ1) is 13.3. The summed E-state index contributed by atoms with van der Waals surface area (Å²) in [5, 5.41) is 8.34. The van der Waals surface area contributed by atoms with Crippen LogP contribution in [-0.2, 0) is 0 Å². The summed E-state index contributed by atoms with van der Waals surface area (Å²) in [5.41, 5.74) is 3.62. The van der Waals surface area contributed by atoms with Crippen molar-refractivity contribution in [2.24, 2.45) is 0 Å². The van der Waals surface area contributed by atoms with Crippen molar-refractivity contribution in [1.29, 1.82) is 0 Å². The second-order valence-electron chi connectivity index (χ2n) is 5.77. The summed E-state index contributed by atoms with van der Waals surface area (Å²) in [6.45, 7) is 0. The number of thioether (sulfide) groups is 1. The summed E-state index contributed by atoms with van der Waals surface area (Å²) < 4.78 is 5.58. The van der Waals surface area contributed by atoms with Crippen LogP contribution in [0.15, 0.2) is 88.8 Å². The molecule has 0 saturated carbocycles. The number of benzene rings is 2. The van der Waals surface area contributed by atoms with Gasteiger partial charge in [-0.25, -0.2) is 0 Å². The van der Waals surface area contributed by atoms with Crippen molar-refractivity contribution < 1.29 is 9.21 Å². The number of hydrogen-bond donors (Lipinski definition) is 0. The molecule has 2 aromatic carbocycles. The van der Waals surface area contributed by atoms with E-state index >= 15 is 0 Å². The van der Waals surface area contributed by atoms with Crippen LogP contribution in [0.4, 0.5) is 0 Å². The Morgan fingerprint density at radius 3 is 2.33 bits per heavy atom. The van der Waals surface area contributed by atoms with Crippen molar-refractivity contribution in [1.82, 2.24) is 15.2 Å². The van der Waals surface area contributed by atoms with Gasteiger partial charge in [-0.3, -0.25) is 9.78 Å². The molecule has 0 aliphatic rings. The Morgan fingerprint density at radius 2 is 1.59 bits per heavy atom. The molecule has 0 aliphatic carbocycles. The fourth-order valence-electron chi connectivity index (χ4n) is 2.56. The fraction of sp³-hybridized carbons (Fsp3) is 0.0476. The van der Waals surface area contributed by atoms with Gasteiger partial charge >= 0.3 is 0 Å². The van der Waals surface area contributed by atoms with Crippen LogP contribution in [0.1, 0.15) is 10.4 Å². The molecule has 2 heterocycles. The Morgan fingerprint density at radius 1 is 0.852 bits per heavy atom. The highest BCUT2D eigenvalue weighted by atomic mass is 32.2. The average molecular weight is 373 g/mol. The minimum Gasteiger partial charge on any atom is -0.411 e. The molecule has 0 N–H and O–H groups in total. The summed E-state index contributed by atoms with van der Waals surface area (Å²) in [5.74, 6) is 0.644. The summed E-state index contributed by atoms with van der Waals surface area (Å²) in [4.78, 5) is 16.4. The van der Waals surface area contributed by atoms with Crippen molar-refractivity contribution in [3.8, 4) is 22.6 Å². The van der Waals surface area contributed by atoms with Gasteiger partial charge in [0, 0.05) is 18.0 Å². The van der Waals surface area contributed by atoms with Crippen LogP contribution in [0.5, 0.6) is 0 Å². The predicted octanol–water partition coefficient (Wildman–Crippen LogP) is 4.77. The molecule has 0 unspecified atom stereocenters. The zero-order chi connectivity index (χ0) is 18.5. The molecule has 0 atom stereocenters. The minimum atomic E-state index is 0.0146. The zero-order valence-electron chi connectivity index (χ0n) is 14.3. The molecule has 0 amide bonds. The summed E-state index contributed by atoms with van der Waals surface area (Å²) in [6.07, 6.45) is 3.33. The highest BCUT2D eigenvalue weighted by molar-refractivity contribution is 7.99. The maximum Gasteiger partial charge on any atom is 0.277 e. The first kappa shape index (κ1) is 17.2. The van der Waals surface area contributed by atoms with Gasteiger partial charge in [0.1, 0.15) is 0 Å². The van der Waals surface area contributed by atoms with Crippen LogP contribution in [0.25, 0.3) is 22.6 Å². The van der Waals surface area contributed by atoms with E-state index in [0.29, 0.717) is 16.7 Å². The number of nitrogens with zero attached hydrogens (tertiary/aromatic N) is 3. The van der Waals surface area contributed by atoms with Crippen LogP contribution in [0.3, 0.4) is 0 Å². The molecule has 4 aromatic rings. The Bertz CT molecular complexity index is 1030. The van der Waals surface area contributed by atoms with Crippen LogP contribution in [0, 0.1) is 0 Å². The largest absolute Gasteiger partial charge is 0.411 e. The summed E-state index contributed by atoms with van der Waals surface area (Å²) in [6, 6.07) is 21.3. The number of Topliss-reactive ketones (excluding diaryl/α,β-unsaturated/α-hetero) is 1. The van der Waals surface area contributed by atoms with Gasteiger partial charge in [-0.2, -0.15) is 0 Å². The van der Waals surface area contributed by atoms with Gasteiger partial charge in [0.05, 0.1) is 11.3 Å².